The lowest BCUT2D eigenvalue weighted by molar-refractivity contribution is -0.148. The molecule has 0 aromatic rings. The Kier molecular flexibility index (Phi) is 10.1. The average Bonchev–Trinajstić information content (AvgIpc) is 2.46. The fraction of sp³-hybridized carbons (Fsp3) is 0.882. The molecular formula is C17H33NO4. The summed E-state index contributed by atoms with van der Waals surface area (Å²) in [5, 5.41) is 0. The van der Waals surface area contributed by atoms with E-state index in [1.807, 2.05) is 20.8 Å². The number of amides is 1. The van der Waals surface area contributed by atoms with E-state index in [2.05, 4.69) is 6.92 Å². The fourth-order valence-corrected chi connectivity index (χ4v) is 2.06. The van der Waals surface area contributed by atoms with Crippen LogP contribution in [-0.4, -0.2) is 50.2 Å². The first-order chi connectivity index (χ1) is 10.2. The molecule has 0 fully saturated rings. The van der Waals surface area contributed by atoms with Crippen molar-refractivity contribution < 1.29 is 19.1 Å². The molecule has 0 saturated carbocycles. The minimum Gasteiger partial charge on any atom is -0.469 e. The number of carbonyl (C=O) groups is 2. The van der Waals surface area contributed by atoms with Gasteiger partial charge in [-0.25, -0.2) is 0 Å². The van der Waals surface area contributed by atoms with Gasteiger partial charge < -0.3 is 14.4 Å². The van der Waals surface area contributed by atoms with Crippen molar-refractivity contribution in [1.29, 1.82) is 0 Å². The molecule has 0 aromatic heterocycles. The van der Waals surface area contributed by atoms with Crippen LogP contribution < -0.4 is 0 Å². The van der Waals surface area contributed by atoms with Gasteiger partial charge in [-0.15, -0.1) is 0 Å². The van der Waals surface area contributed by atoms with Gasteiger partial charge in [0.1, 0.15) is 0 Å². The van der Waals surface area contributed by atoms with Crippen molar-refractivity contribution in [2.45, 2.75) is 53.9 Å². The zero-order valence-corrected chi connectivity index (χ0v) is 15.1. The third kappa shape index (κ3) is 8.37. The summed E-state index contributed by atoms with van der Waals surface area (Å²) in [5.74, 6) is -0.556. The molecule has 5 heteroatoms. The van der Waals surface area contributed by atoms with Crippen LogP contribution in [-0.2, 0) is 19.1 Å². The first-order valence-corrected chi connectivity index (χ1v) is 8.19. The number of rotatable bonds is 10. The highest BCUT2D eigenvalue weighted by Gasteiger charge is 2.29. The topological polar surface area (TPSA) is 55.8 Å². The van der Waals surface area contributed by atoms with E-state index in [-0.39, 0.29) is 17.8 Å². The number of esters is 1. The van der Waals surface area contributed by atoms with Crippen LogP contribution in [0.3, 0.4) is 0 Å². The smallest absolute Gasteiger partial charge is 0.310 e. The standard InChI is InChI=1S/C17H33NO4/c1-7-8-11-22-12-9-10-18(16(20)17(3,4)5)13-14(2)15(19)21-6/h14H,7-13H2,1-6H3. The Bertz CT molecular complexity index is 336. The first kappa shape index (κ1) is 20.9. The van der Waals surface area contributed by atoms with E-state index >= 15 is 0 Å². The van der Waals surface area contributed by atoms with Crippen LogP contribution in [0.4, 0.5) is 0 Å². The van der Waals surface area contributed by atoms with Crippen molar-refractivity contribution in [3.8, 4) is 0 Å². The SMILES string of the molecule is CCCCOCCCN(CC(C)C(=O)OC)C(=O)C(C)(C)C. The number of carbonyl (C=O) groups excluding carboxylic acids is 2. The van der Waals surface area contributed by atoms with Gasteiger partial charge >= 0.3 is 5.97 Å². The summed E-state index contributed by atoms with van der Waals surface area (Å²) < 4.78 is 10.3. The number of nitrogens with zero attached hydrogens (tertiary/aromatic N) is 1. The van der Waals surface area contributed by atoms with Crippen LogP contribution in [0.5, 0.6) is 0 Å². The van der Waals surface area contributed by atoms with Crippen molar-refractivity contribution in [3.05, 3.63) is 0 Å². The predicted octanol–water partition coefficient (Wildman–Crippen LogP) is 2.88. The molecule has 0 spiro atoms. The Labute approximate surface area is 135 Å². The maximum absolute atomic E-state index is 12.5. The molecule has 5 nitrogen and oxygen atoms in total. The number of hydrogen-bond acceptors (Lipinski definition) is 4. The second-order valence-electron chi connectivity index (χ2n) is 6.74. The largest absolute Gasteiger partial charge is 0.469 e. The fourth-order valence-electron chi connectivity index (χ4n) is 2.06. The van der Waals surface area contributed by atoms with Crippen LogP contribution in [0.1, 0.15) is 53.9 Å². The number of hydrogen-bond donors (Lipinski definition) is 0. The van der Waals surface area contributed by atoms with Gasteiger partial charge in [0.15, 0.2) is 0 Å². The molecule has 0 bridgehead atoms. The molecule has 0 rings (SSSR count). The van der Waals surface area contributed by atoms with Gasteiger partial charge in [0.05, 0.1) is 13.0 Å². The van der Waals surface area contributed by atoms with E-state index in [9.17, 15) is 9.59 Å². The molecule has 0 saturated heterocycles. The predicted molar refractivity (Wildman–Crippen MR) is 87.6 cm³/mol. The summed E-state index contributed by atoms with van der Waals surface area (Å²) in [6.07, 6.45) is 2.95. The van der Waals surface area contributed by atoms with E-state index in [1.165, 1.54) is 7.11 Å². The van der Waals surface area contributed by atoms with E-state index in [4.69, 9.17) is 9.47 Å². The number of unbranched alkanes of at least 4 members (excludes halogenated alkanes) is 1. The molecule has 1 amide bonds. The van der Waals surface area contributed by atoms with E-state index < -0.39 is 5.41 Å². The van der Waals surface area contributed by atoms with Crippen LogP contribution in [0.15, 0.2) is 0 Å². The quantitative estimate of drug-likeness (QED) is 0.459. The molecule has 0 N–H and O–H groups in total. The average molecular weight is 315 g/mol. The molecule has 0 heterocycles. The summed E-state index contributed by atoms with van der Waals surface area (Å²) in [6, 6.07) is 0. The number of ether oxygens (including phenoxy) is 2. The highest BCUT2D eigenvalue weighted by molar-refractivity contribution is 5.82. The molecule has 1 atom stereocenters. The van der Waals surface area contributed by atoms with Crippen molar-refractivity contribution >= 4 is 11.9 Å². The van der Waals surface area contributed by atoms with Crippen LogP contribution in [0.2, 0.25) is 0 Å². The lowest BCUT2D eigenvalue weighted by Gasteiger charge is -2.31. The van der Waals surface area contributed by atoms with Crippen LogP contribution in [0.25, 0.3) is 0 Å². The van der Waals surface area contributed by atoms with Gasteiger partial charge in [-0.2, -0.15) is 0 Å². The molecule has 22 heavy (non-hydrogen) atoms. The van der Waals surface area contributed by atoms with E-state index in [0.717, 1.165) is 25.9 Å². The lowest BCUT2D eigenvalue weighted by atomic mass is 9.94. The molecule has 0 aliphatic carbocycles. The Morgan fingerprint density at radius 3 is 2.23 bits per heavy atom. The van der Waals surface area contributed by atoms with Gasteiger partial charge in [0.2, 0.25) is 5.91 Å². The van der Waals surface area contributed by atoms with Gasteiger partial charge in [-0.05, 0) is 12.8 Å². The minimum absolute atomic E-state index is 0.0526. The zero-order valence-electron chi connectivity index (χ0n) is 15.1. The molecule has 0 radical (unpaired) electrons. The molecule has 1 unspecified atom stereocenters. The zero-order chi connectivity index (χ0) is 17.2. The van der Waals surface area contributed by atoms with E-state index in [1.54, 1.807) is 11.8 Å². The number of methoxy groups -OCH3 is 1. The summed E-state index contributed by atoms with van der Waals surface area (Å²) in [7, 11) is 1.37. The van der Waals surface area contributed by atoms with Crippen molar-refractivity contribution in [2.24, 2.45) is 11.3 Å². The molecule has 0 aliphatic heterocycles. The molecule has 130 valence electrons. The van der Waals surface area contributed by atoms with Crippen molar-refractivity contribution in [1.82, 2.24) is 4.90 Å². The van der Waals surface area contributed by atoms with E-state index in [0.29, 0.717) is 19.7 Å². The van der Waals surface area contributed by atoms with Crippen molar-refractivity contribution in [2.75, 3.05) is 33.4 Å². The normalized spacial score (nSPS) is 12.8. The second-order valence-corrected chi connectivity index (χ2v) is 6.74. The van der Waals surface area contributed by atoms with Crippen LogP contribution >= 0.6 is 0 Å². The minimum atomic E-state index is -0.459. The maximum atomic E-state index is 12.5. The summed E-state index contributed by atoms with van der Waals surface area (Å²) in [4.78, 5) is 25.8. The maximum Gasteiger partial charge on any atom is 0.310 e. The summed E-state index contributed by atoms with van der Waals surface area (Å²) in [6.45, 7) is 12.0. The van der Waals surface area contributed by atoms with Gasteiger partial charge in [0, 0.05) is 31.7 Å². The third-order valence-corrected chi connectivity index (χ3v) is 3.39. The summed E-state index contributed by atoms with van der Waals surface area (Å²) in [5.41, 5.74) is -0.459. The van der Waals surface area contributed by atoms with Gasteiger partial charge in [0.25, 0.3) is 0 Å². The molecule has 0 aliphatic rings. The van der Waals surface area contributed by atoms with Gasteiger partial charge in [-0.3, -0.25) is 9.59 Å². The monoisotopic (exact) mass is 315 g/mol. The third-order valence-electron chi connectivity index (χ3n) is 3.39. The second kappa shape index (κ2) is 10.6. The van der Waals surface area contributed by atoms with Crippen LogP contribution in [0, 0.1) is 11.3 Å². The highest BCUT2D eigenvalue weighted by atomic mass is 16.5. The Hall–Kier alpha value is -1.10. The Balaban J connectivity index is 4.48. The van der Waals surface area contributed by atoms with Crippen molar-refractivity contribution in [3.63, 3.8) is 0 Å². The first-order valence-electron chi connectivity index (χ1n) is 8.19. The highest BCUT2D eigenvalue weighted by Crippen LogP contribution is 2.19. The lowest BCUT2D eigenvalue weighted by Crippen LogP contribution is -2.43. The molecule has 0 aromatic carbocycles. The molecular weight excluding hydrogens is 282 g/mol. The Morgan fingerprint density at radius 2 is 1.73 bits per heavy atom. The Morgan fingerprint density at radius 1 is 1.14 bits per heavy atom. The van der Waals surface area contributed by atoms with Gasteiger partial charge in [-0.1, -0.05) is 41.0 Å². The summed E-state index contributed by atoms with van der Waals surface area (Å²) >= 11 is 0.